The highest BCUT2D eigenvalue weighted by Crippen LogP contribution is 2.40. The van der Waals surface area contributed by atoms with Crippen molar-refractivity contribution < 1.29 is 0 Å². The van der Waals surface area contributed by atoms with E-state index in [9.17, 15) is 0 Å². The molecule has 63 heavy (non-hydrogen) atoms. The number of rotatable bonds is 6. The molecule has 0 aliphatic carbocycles. The first kappa shape index (κ1) is 35.3. The van der Waals surface area contributed by atoms with Gasteiger partial charge >= 0.3 is 0 Å². The minimum absolute atomic E-state index is 0.957. The van der Waals surface area contributed by atoms with Crippen LogP contribution in [-0.4, -0.2) is 18.7 Å². The smallest absolute Gasteiger partial charge is 0.0709 e. The van der Waals surface area contributed by atoms with Crippen molar-refractivity contribution in [3.63, 3.8) is 0 Å². The van der Waals surface area contributed by atoms with E-state index in [0.717, 1.165) is 56.2 Å². The van der Waals surface area contributed by atoms with Gasteiger partial charge in [0.25, 0.3) is 0 Å². The van der Waals surface area contributed by atoms with E-state index in [1.54, 1.807) is 0 Å². The fourth-order valence-corrected chi connectivity index (χ4v) is 10.00. The molecule has 0 N–H and O–H groups in total. The number of pyridine rings is 1. The van der Waals surface area contributed by atoms with Crippen LogP contribution >= 0.6 is 0 Å². The number of fused-ring (bicyclic) bond motifs is 9. The molecule has 0 saturated carbocycles. The molecule has 0 atom stereocenters. The van der Waals surface area contributed by atoms with Gasteiger partial charge in [-0.05, 0) is 96.1 Å². The topological polar surface area (TPSA) is 27.7 Å². The molecule has 0 unspecified atom stereocenters. The van der Waals surface area contributed by atoms with Crippen molar-refractivity contribution in [1.29, 1.82) is 0 Å². The largest absolute Gasteiger partial charge is 0.309 e. The maximum Gasteiger partial charge on any atom is 0.0709 e. The predicted octanol–water partition coefficient (Wildman–Crippen LogP) is 15.4. The summed E-state index contributed by atoms with van der Waals surface area (Å²) < 4.78 is 7.27. The first-order valence-electron chi connectivity index (χ1n) is 21.5. The Bertz CT molecular complexity index is 3660. The SMILES string of the molecule is c1ccc(-c2cccc(-c3ccc(-n4c5ccccc5c5cc(-c6cc(-n7c8ccccc8c8ccccc87)cc(-n7c8ccccc8c8ccccc87)c6)ccc54)cc3)n2)cc1. The highest BCUT2D eigenvalue weighted by atomic mass is 15.0. The van der Waals surface area contributed by atoms with Gasteiger partial charge in [0.2, 0.25) is 0 Å². The molecule has 0 aliphatic heterocycles. The van der Waals surface area contributed by atoms with Gasteiger partial charge < -0.3 is 13.7 Å². The zero-order valence-corrected chi connectivity index (χ0v) is 34.2. The van der Waals surface area contributed by atoms with Crippen LogP contribution in [0.5, 0.6) is 0 Å². The molecule has 294 valence electrons. The molecule has 4 heteroatoms. The second kappa shape index (κ2) is 14.1. The van der Waals surface area contributed by atoms with Crippen molar-refractivity contribution in [3.05, 3.63) is 231 Å². The average Bonchev–Trinajstić information content (AvgIpc) is 4.00. The standard InChI is InChI=1S/C59H38N4/c1-2-15-39(16-3-1)52-22-14-23-53(60-52)40-29-32-43(33-30-40)61-58-28-13-8-21-50(58)51-37-41(31-34-59(51)61)42-35-44(62-54-24-9-4-17-46(54)47-18-5-10-25-55(47)62)38-45(36-42)63-56-26-11-6-19-48(56)49-20-7-12-27-57(49)63/h1-38H. The molecule has 0 spiro atoms. The van der Waals surface area contributed by atoms with Crippen molar-refractivity contribution >= 4 is 65.4 Å². The molecular weight excluding hydrogens is 765 g/mol. The van der Waals surface area contributed by atoms with Crippen LogP contribution in [0.25, 0.3) is 116 Å². The summed E-state index contributed by atoms with van der Waals surface area (Å²) in [7, 11) is 0. The normalized spacial score (nSPS) is 11.8. The molecule has 4 aromatic heterocycles. The van der Waals surface area contributed by atoms with E-state index in [1.165, 1.54) is 59.9 Å². The van der Waals surface area contributed by atoms with Gasteiger partial charge in [0.15, 0.2) is 0 Å². The lowest BCUT2D eigenvalue weighted by atomic mass is 10.0. The fourth-order valence-electron chi connectivity index (χ4n) is 10.00. The lowest BCUT2D eigenvalue weighted by Crippen LogP contribution is -2.00. The zero-order chi connectivity index (χ0) is 41.4. The van der Waals surface area contributed by atoms with Crippen LogP contribution in [0.15, 0.2) is 231 Å². The van der Waals surface area contributed by atoms with E-state index in [1.807, 2.05) is 6.07 Å². The summed E-state index contributed by atoms with van der Waals surface area (Å²) in [6, 6.07) is 83.4. The third-order valence-corrected chi connectivity index (χ3v) is 12.8. The Labute approximate surface area is 363 Å². The molecule has 9 aromatic carbocycles. The summed E-state index contributed by atoms with van der Waals surface area (Å²) in [5.74, 6) is 0. The molecule has 0 bridgehead atoms. The Kier molecular flexibility index (Phi) is 7.87. The van der Waals surface area contributed by atoms with Crippen LogP contribution in [0.1, 0.15) is 0 Å². The number of hydrogen-bond acceptors (Lipinski definition) is 1. The Balaban J connectivity index is 0.997. The van der Waals surface area contributed by atoms with Crippen molar-refractivity contribution in [3.8, 4) is 50.7 Å². The maximum absolute atomic E-state index is 5.04. The van der Waals surface area contributed by atoms with E-state index in [-0.39, 0.29) is 0 Å². The molecule has 4 nitrogen and oxygen atoms in total. The molecule has 0 fully saturated rings. The van der Waals surface area contributed by atoms with Crippen molar-refractivity contribution in [1.82, 2.24) is 18.7 Å². The molecule has 4 heterocycles. The number of aromatic nitrogens is 4. The highest BCUT2D eigenvalue weighted by Gasteiger charge is 2.19. The first-order valence-corrected chi connectivity index (χ1v) is 21.5. The van der Waals surface area contributed by atoms with Gasteiger partial charge in [-0.1, -0.05) is 146 Å². The second-order valence-corrected chi connectivity index (χ2v) is 16.4. The Morgan fingerprint density at radius 2 is 0.603 bits per heavy atom. The number of benzene rings is 9. The Morgan fingerprint density at radius 1 is 0.222 bits per heavy atom. The quantitative estimate of drug-likeness (QED) is 0.165. The van der Waals surface area contributed by atoms with E-state index >= 15 is 0 Å². The lowest BCUT2D eigenvalue weighted by Gasteiger charge is -2.16. The van der Waals surface area contributed by atoms with Crippen LogP contribution in [-0.2, 0) is 0 Å². The van der Waals surface area contributed by atoms with Crippen LogP contribution in [0, 0.1) is 0 Å². The van der Waals surface area contributed by atoms with Gasteiger partial charge in [-0.25, -0.2) is 4.98 Å². The number of nitrogens with zero attached hydrogens (tertiary/aromatic N) is 4. The second-order valence-electron chi connectivity index (χ2n) is 16.4. The molecular formula is C59H38N4. The summed E-state index contributed by atoms with van der Waals surface area (Å²) in [5.41, 5.74) is 16.9. The Hall–Kier alpha value is -8.47. The molecule has 0 radical (unpaired) electrons. The van der Waals surface area contributed by atoms with Gasteiger partial charge in [0, 0.05) is 60.5 Å². The highest BCUT2D eigenvalue weighted by molar-refractivity contribution is 6.12. The van der Waals surface area contributed by atoms with E-state index in [2.05, 4.69) is 238 Å². The molecule has 0 amide bonds. The van der Waals surface area contributed by atoms with Crippen molar-refractivity contribution in [2.75, 3.05) is 0 Å². The van der Waals surface area contributed by atoms with E-state index in [4.69, 9.17) is 4.98 Å². The minimum Gasteiger partial charge on any atom is -0.309 e. The van der Waals surface area contributed by atoms with E-state index in [0.29, 0.717) is 0 Å². The lowest BCUT2D eigenvalue weighted by molar-refractivity contribution is 1.13. The fraction of sp³-hybridized carbons (Fsp3) is 0. The maximum atomic E-state index is 5.04. The number of para-hydroxylation sites is 5. The zero-order valence-electron chi connectivity index (χ0n) is 34.2. The molecule has 0 saturated heterocycles. The summed E-state index contributed by atoms with van der Waals surface area (Å²) in [6.45, 7) is 0. The van der Waals surface area contributed by atoms with Gasteiger partial charge in [0.1, 0.15) is 0 Å². The minimum atomic E-state index is 0.957. The van der Waals surface area contributed by atoms with Crippen molar-refractivity contribution in [2.45, 2.75) is 0 Å². The van der Waals surface area contributed by atoms with E-state index < -0.39 is 0 Å². The molecule has 13 rings (SSSR count). The third kappa shape index (κ3) is 5.59. The van der Waals surface area contributed by atoms with Gasteiger partial charge in [-0.3, -0.25) is 0 Å². The molecule has 0 aliphatic rings. The van der Waals surface area contributed by atoms with Crippen LogP contribution in [0.4, 0.5) is 0 Å². The summed E-state index contributed by atoms with van der Waals surface area (Å²) >= 11 is 0. The Morgan fingerprint density at radius 3 is 1.10 bits per heavy atom. The van der Waals surface area contributed by atoms with Gasteiger partial charge in [-0.2, -0.15) is 0 Å². The van der Waals surface area contributed by atoms with Crippen LogP contribution in [0.2, 0.25) is 0 Å². The first-order chi connectivity index (χ1) is 31.2. The predicted molar refractivity (Wildman–Crippen MR) is 264 cm³/mol. The monoisotopic (exact) mass is 802 g/mol. The van der Waals surface area contributed by atoms with Crippen LogP contribution in [0.3, 0.4) is 0 Å². The summed E-state index contributed by atoms with van der Waals surface area (Å²) in [6.07, 6.45) is 0. The summed E-state index contributed by atoms with van der Waals surface area (Å²) in [5, 5.41) is 7.42. The number of hydrogen-bond donors (Lipinski definition) is 0. The third-order valence-electron chi connectivity index (χ3n) is 12.8. The van der Waals surface area contributed by atoms with Gasteiger partial charge in [-0.15, -0.1) is 0 Å². The van der Waals surface area contributed by atoms with Crippen molar-refractivity contribution in [2.24, 2.45) is 0 Å². The van der Waals surface area contributed by atoms with Crippen LogP contribution < -0.4 is 0 Å². The summed E-state index contributed by atoms with van der Waals surface area (Å²) in [4.78, 5) is 5.04. The van der Waals surface area contributed by atoms with Gasteiger partial charge in [0.05, 0.1) is 44.5 Å². The molecule has 13 aromatic rings. The average molecular weight is 803 g/mol.